The third-order valence-corrected chi connectivity index (χ3v) is 5.29. The van der Waals surface area contributed by atoms with Gasteiger partial charge in [0.1, 0.15) is 5.82 Å². The summed E-state index contributed by atoms with van der Waals surface area (Å²) < 4.78 is 13.4. The molecule has 0 aliphatic carbocycles. The Balaban J connectivity index is 1.81. The highest BCUT2D eigenvalue weighted by Gasteiger charge is 2.29. The topological polar surface area (TPSA) is 20.2 Å². The number of fused-ring (bicyclic) bond motifs is 1. The van der Waals surface area contributed by atoms with E-state index in [1.54, 1.807) is 23.9 Å². The summed E-state index contributed by atoms with van der Waals surface area (Å²) in [6.07, 6.45) is -0.179. The van der Waals surface area contributed by atoms with Crippen molar-refractivity contribution in [2.24, 2.45) is 0 Å². The molecule has 3 rings (SSSR count). The summed E-state index contributed by atoms with van der Waals surface area (Å²) >= 11 is 7.71. The average molecular weight is 309 g/mol. The zero-order chi connectivity index (χ0) is 14.1. The summed E-state index contributed by atoms with van der Waals surface area (Å²) in [4.78, 5) is 1.22. The minimum Gasteiger partial charge on any atom is -0.392 e. The lowest BCUT2D eigenvalue weighted by molar-refractivity contribution is 0.151. The van der Waals surface area contributed by atoms with Crippen molar-refractivity contribution in [3.8, 4) is 0 Å². The van der Waals surface area contributed by atoms with Gasteiger partial charge in [0.2, 0.25) is 0 Å². The van der Waals surface area contributed by atoms with Crippen molar-refractivity contribution in [3.05, 3.63) is 64.4 Å². The summed E-state index contributed by atoms with van der Waals surface area (Å²) in [5, 5.41) is 10.6. The molecule has 0 spiro atoms. The summed E-state index contributed by atoms with van der Waals surface area (Å²) in [6.45, 7) is 0. The summed E-state index contributed by atoms with van der Waals surface area (Å²) in [5.74, 6) is 0.501. The Morgan fingerprint density at radius 3 is 2.90 bits per heavy atom. The van der Waals surface area contributed by atoms with Crippen LogP contribution in [-0.4, -0.2) is 17.0 Å². The van der Waals surface area contributed by atoms with Gasteiger partial charge in [-0.1, -0.05) is 41.9 Å². The number of aliphatic hydroxyl groups excluding tert-OH is 1. The van der Waals surface area contributed by atoms with E-state index in [0.717, 1.165) is 5.75 Å². The van der Waals surface area contributed by atoms with Crippen LogP contribution in [0, 0.1) is 5.82 Å². The molecule has 1 aliphatic heterocycles. The molecule has 2 aromatic rings. The zero-order valence-electron chi connectivity index (χ0n) is 10.7. The molecule has 1 aliphatic rings. The van der Waals surface area contributed by atoms with Crippen LogP contribution in [0.15, 0.2) is 47.4 Å². The maximum atomic E-state index is 13.4. The second-order valence-corrected chi connectivity index (χ2v) is 6.38. The largest absolute Gasteiger partial charge is 0.392 e. The highest BCUT2D eigenvalue weighted by molar-refractivity contribution is 7.99. The molecule has 1 N–H and O–H groups in total. The Kier molecular flexibility index (Phi) is 4.01. The van der Waals surface area contributed by atoms with E-state index in [2.05, 4.69) is 12.1 Å². The molecule has 0 saturated carbocycles. The first-order valence-corrected chi connectivity index (χ1v) is 7.86. The van der Waals surface area contributed by atoms with Gasteiger partial charge in [-0.3, -0.25) is 0 Å². The standard InChI is InChI=1S/C16H14ClFOS/c17-16-10(4-3-6-13(16)18)8-14(19)12-9-20-15-7-2-1-5-11(12)15/h1-7,12,14,19H,8-9H2. The third-order valence-electron chi connectivity index (χ3n) is 3.66. The van der Waals surface area contributed by atoms with Crippen molar-refractivity contribution in [2.45, 2.75) is 23.3 Å². The van der Waals surface area contributed by atoms with Crippen molar-refractivity contribution < 1.29 is 9.50 Å². The number of hydrogen-bond donors (Lipinski definition) is 1. The van der Waals surface area contributed by atoms with Crippen LogP contribution in [0.1, 0.15) is 17.0 Å². The minimum absolute atomic E-state index is 0.0792. The Hall–Kier alpha value is -1.03. The molecule has 2 unspecified atom stereocenters. The Morgan fingerprint density at radius 2 is 2.05 bits per heavy atom. The van der Waals surface area contributed by atoms with E-state index >= 15 is 0 Å². The molecule has 0 amide bonds. The normalized spacial score (nSPS) is 18.9. The van der Waals surface area contributed by atoms with Gasteiger partial charge in [0.05, 0.1) is 11.1 Å². The first-order valence-electron chi connectivity index (χ1n) is 6.49. The van der Waals surface area contributed by atoms with Crippen LogP contribution < -0.4 is 0 Å². The van der Waals surface area contributed by atoms with Crippen LogP contribution in [0.2, 0.25) is 5.02 Å². The smallest absolute Gasteiger partial charge is 0.142 e. The summed E-state index contributed by atoms with van der Waals surface area (Å²) in [6, 6.07) is 12.8. The van der Waals surface area contributed by atoms with Crippen molar-refractivity contribution in [1.82, 2.24) is 0 Å². The van der Waals surface area contributed by atoms with Crippen LogP contribution in [0.25, 0.3) is 0 Å². The van der Waals surface area contributed by atoms with Crippen LogP contribution in [0.4, 0.5) is 4.39 Å². The molecule has 0 radical (unpaired) electrons. The molecule has 0 fully saturated rings. The molecule has 20 heavy (non-hydrogen) atoms. The van der Waals surface area contributed by atoms with Gasteiger partial charge >= 0.3 is 0 Å². The van der Waals surface area contributed by atoms with E-state index in [1.165, 1.54) is 16.5 Å². The summed E-state index contributed by atoms with van der Waals surface area (Å²) in [7, 11) is 0. The van der Waals surface area contributed by atoms with Gasteiger partial charge in [-0.25, -0.2) is 4.39 Å². The first kappa shape index (κ1) is 13.9. The van der Waals surface area contributed by atoms with Crippen LogP contribution >= 0.6 is 23.4 Å². The Bertz CT molecular complexity index is 632. The molecule has 0 aromatic heterocycles. The number of hydrogen-bond acceptors (Lipinski definition) is 2. The lowest BCUT2D eigenvalue weighted by Gasteiger charge is -2.19. The molecule has 0 saturated heterocycles. The molecule has 1 nitrogen and oxygen atoms in total. The predicted octanol–water partition coefficient (Wildman–Crippen LogP) is 4.27. The van der Waals surface area contributed by atoms with E-state index in [1.807, 2.05) is 12.1 Å². The van der Waals surface area contributed by atoms with Crippen molar-refractivity contribution >= 4 is 23.4 Å². The monoisotopic (exact) mass is 308 g/mol. The van der Waals surface area contributed by atoms with Crippen molar-refractivity contribution in [2.75, 3.05) is 5.75 Å². The zero-order valence-corrected chi connectivity index (χ0v) is 12.3. The van der Waals surface area contributed by atoms with Crippen molar-refractivity contribution in [3.63, 3.8) is 0 Å². The van der Waals surface area contributed by atoms with E-state index in [-0.39, 0.29) is 10.9 Å². The van der Waals surface area contributed by atoms with Gasteiger partial charge in [0, 0.05) is 23.0 Å². The lowest BCUT2D eigenvalue weighted by atomic mass is 9.91. The van der Waals surface area contributed by atoms with E-state index in [4.69, 9.17) is 11.6 Å². The third kappa shape index (κ3) is 2.58. The summed E-state index contributed by atoms with van der Waals surface area (Å²) in [5.41, 5.74) is 1.84. The molecule has 2 atom stereocenters. The number of rotatable bonds is 3. The molecule has 0 bridgehead atoms. The first-order chi connectivity index (χ1) is 9.66. The number of aliphatic hydroxyl groups is 1. The van der Waals surface area contributed by atoms with E-state index in [9.17, 15) is 9.50 Å². The maximum Gasteiger partial charge on any atom is 0.142 e. The average Bonchev–Trinajstić information content (AvgIpc) is 2.88. The fourth-order valence-corrected chi connectivity index (χ4v) is 4.10. The van der Waals surface area contributed by atoms with Gasteiger partial charge in [0.25, 0.3) is 0 Å². The number of benzene rings is 2. The second-order valence-electron chi connectivity index (χ2n) is 4.94. The van der Waals surface area contributed by atoms with Gasteiger partial charge in [-0.2, -0.15) is 0 Å². The highest BCUT2D eigenvalue weighted by Crippen LogP contribution is 2.41. The number of thioether (sulfide) groups is 1. The van der Waals surface area contributed by atoms with Gasteiger partial charge < -0.3 is 5.11 Å². The molecule has 104 valence electrons. The molecular formula is C16H14ClFOS. The quantitative estimate of drug-likeness (QED) is 0.913. The molecule has 1 heterocycles. The Labute approximate surface area is 126 Å². The molecular weight excluding hydrogens is 295 g/mol. The van der Waals surface area contributed by atoms with E-state index < -0.39 is 11.9 Å². The number of halogens is 2. The van der Waals surface area contributed by atoms with Gasteiger partial charge in [-0.15, -0.1) is 11.8 Å². The van der Waals surface area contributed by atoms with Crippen LogP contribution in [-0.2, 0) is 6.42 Å². The fourth-order valence-electron chi connectivity index (χ4n) is 2.58. The van der Waals surface area contributed by atoms with E-state index in [0.29, 0.717) is 12.0 Å². The Morgan fingerprint density at radius 1 is 1.25 bits per heavy atom. The second kappa shape index (κ2) is 5.76. The lowest BCUT2D eigenvalue weighted by Crippen LogP contribution is -2.21. The predicted molar refractivity (Wildman–Crippen MR) is 81.0 cm³/mol. The minimum atomic E-state index is -0.551. The van der Waals surface area contributed by atoms with Crippen LogP contribution in [0.5, 0.6) is 0 Å². The van der Waals surface area contributed by atoms with Crippen LogP contribution in [0.3, 0.4) is 0 Å². The van der Waals surface area contributed by atoms with Gasteiger partial charge in [0.15, 0.2) is 0 Å². The van der Waals surface area contributed by atoms with Crippen molar-refractivity contribution in [1.29, 1.82) is 0 Å². The molecule has 4 heteroatoms. The maximum absolute atomic E-state index is 13.4. The SMILES string of the molecule is OC(Cc1cccc(F)c1Cl)C1CSc2ccccc21. The fraction of sp³-hybridized carbons (Fsp3) is 0.250. The highest BCUT2D eigenvalue weighted by atomic mass is 35.5. The van der Waals surface area contributed by atoms with Gasteiger partial charge in [-0.05, 0) is 23.3 Å². The molecule has 2 aromatic carbocycles.